The fourth-order valence-corrected chi connectivity index (χ4v) is 4.53. The van der Waals surface area contributed by atoms with Crippen LogP contribution in [-0.4, -0.2) is 24.1 Å². The standard InChI is InChI=1S/C29H23NO5/c1-34-21-15-11-19(12-16-21)27-26(29(32)33)24-9-5-6-10-25(24)28(31)30(27)20-13-17-23(18-14-20)35-22-7-3-2-4-8-22/h2-18,26-27H,1H3,(H,32,33)/t26-,27+/m1/s1. The van der Waals surface area contributed by atoms with Crippen molar-refractivity contribution in [2.24, 2.45) is 0 Å². The molecule has 1 aliphatic rings. The Labute approximate surface area is 203 Å². The number of anilines is 1. The number of amides is 1. The van der Waals surface area contributed by atoms with Crippen LogP contribution in [0.4, 0.5) is 5.69 Å². The summed E-state index contributed by atoms with van der Waals surface area (Å²) in [6.45, 7) is 0. The Kier molecular flexibility index (Phi) is 5.94. The minimum atomic E-state index is -1.00. The van der Waals surface area contributed by atoms with Crippen molar-refractivity contribution in [3.8, 4) is 17.2 Å². The maximum atomic E-state index is 13.7. The molecular weight excluding hydrogens is 442 g/mol. The van der Waals surface area contributed by atoms with Gasteiger partial charge in [-0.05, 0) is 65.7 Å². The fourth-order valence-electron chi connectivity index (χ4n) is 4.53. The lowest BCUT2D eigenvalue weighted by atomic mass is 9.79. The Hall–Kier alpha value is -4.58. The SMILES string of the molecule is COc1ccc([C@H]2[C@H](C(=O)O)c3ccccc3C(=O)N2c2ccc(Oc3ccccc3)cc2)cc1. The highest BCUT2D eigenvalue weighted by Crippen LogP contribution is 2.45. The number of carbonyl (C=O) groups excluding carboxylic acids is 1. The third-order valence-corrected chi connectivity index (χ3v) is 6.16. The molecule has 5 rings (SSSR count). The zero-order chi connectivity index (χ0) is 24.4. The molecule has 4 aromatic carbocycles. The van der Waals surface area contributed by atoms with Gasteiger partial charge in [0.05, 0.1) is 13.2 Å². The van der Waals surface area contributed by atoms with Crippen molar-refractivity contribution in [1.29, 1.82) is 0 Å². The molecule has 0 aromatic heterocycles. The lowest BCUT2D eigenvalue weighted by Gasteiger charge is -2.40. The Balaban J connectivity index is 1.60. The lowest BCUT2D eigenvalue weighted by Crippen LogP contribution is -2.45. The highest BCUT2D eigenvalue weighted by atomic mass is 16.5. The van der Waals surface area contributed by atoms with Gasteiger partial charge in [-0.2, -0.15) is 0 Å². The summed E-state index contributed by atoms with van der Waals surface area (Å²) in [6.07, 6.45) is 0. The van der Waals surface area contributed by atoms with Gasteiger partial charge in [0, 0.05) is 11.3 Å². The van der Waals surface area contributed by atoms with Gasteiger partial charge in [-0.15, -0.1) is 0 Å². The summed E-state index contributed by atoms with van der Waals surface area (Å²) in [6, 6.07) is 29.8. The number of hydrogen-bond donors (Lipinski definition) is 1. The molecule has 0 aliphatic carbocycles. The van der Waals surface area contributed by atoms with E-state index in [2.05, 4.69) is 0 Å². The molecule has 0 saturated carbocycles. The minimum Gasteiger partial charge on any atom is -0.497 e. The third kappa shape index (κ3) is 4.22. The molecule has 1 heterocycles. The Bertz CT molecular complexity index is 1350. The smallest absolute Gasteiger partial charge is 0.313 e. The molecule has 35 heavy (non-hydrogen) atoms. The Morgan fingerprint density at radius 3 is 2.03 bits per heavy atom. The van der Waals surface area contributed by atoms with Gasteiger partial charge >= 0.3 is 5.97 Å². The highest BCUT2D eigenvalue weighted by Gasteiger charge is 2.45. The maximum absolute atomic E-state index is 13.7. The molecule has 6 heteroatoms. The summed E-state index contributed by atoms with van der Waals surface area (Å²) in [5, 5.41) is 10.3. The molecule has 6 nitrogen and oxygen atoms in total. The molecule has 1 amide bonds. The van der Waals surface area contributed by atoms with Crippen LogP contribution in [-0.2, 0) is 4.79 Å². The van der Waals surface area contributed by atoms with E-state index in [1.54, 1.807) is 84.8 Å². The third-order valence-electron chi connectivity index (χ3n) is 6.16. The van der Waals surface area contributed by atoms with Crippen LogP contribution in [0.3, 0.4) is 0 Å². The van der Waals surface area contributed by atoms with E-state index in [4.69, 9.17) is 9.47 Å². The van der Waals surface area contributed by atoms with E-state index in [0.29, 0.717) is 39.6 Å². The second kappa shape index (κ2) is 9.35. The van der Waals surface area contributed by atoms with Crippen LogP contribution in [0.2, 0.25) is 0 Å². The van der Waals surface area contributed by atoms with Gasteiger partial charge in [-0.1, -0.05) is 48.5 Å². The summed E-state index contributed by atoms with van der Waals surface area (Å²) >= 11 is 0. The molecule has 174 valence electrons. The number of ether oxygens (including phenoxy) is 2. The van der Waals surface area contributed by atoms with Crippen molar-refractivity contribution >= 4 is 17.6 Å². The largest absolute Gasteiger partial charge is 0.497 e. The summed E-state index contributed by atoms with van der Waals surface area (Å²) in [5.74, 6) is -0.240. The number of aliphatic carboxylic acids is 1. The number of carbonyl (C=O) groups is 2. The molecular formula is C29H23NO5. The van der Waals surface area contributed by atoms with Gasteiger partial charge < -0.3 is 14.6 Å². The van der Waals surface area contributed by atoms with Crippen molar-refractivity contribution < 1.29 is 24.2 Å². The van der Waals surface area contributed by atoms with Crippen LogP contribution in [0, 0.1) is 0 Å². The van der Waals surface area contributed by atoms with Crippen molar-refractivity contribution in [3.63, 3.8) is 0 Å². The summed E-state index contributed by atoms with van der Waals surface area (Å²) in [5.41, 5.74) is 2.17. The number of nitrogens with zero attached hydrogens (tertiary/aromatic N) is 1. The minimum absolute atomic E-state index is 0.254. The molecule has 0 saturated heterocycles. The predicted molar refractivity (Wildman–Crippen MR) is 132 cm³/mol. The molecule has 0 spiro atoms. The number of rotatable bonds is 6. The zero-order valence-electron chi connectivity index (χ0n) is 19.0. The zero-order valence-corrected chi connectivity index (χ0v) is 19.0. The monoisotopic (exact) mass is 465 g/mol. The second-order valence-electron chi connectivity index (χ2n) is 8.21. The molecule has 0 fully saturated rings. The van der Waals surface area contributed by atoms with Gasteiger partial charge in [-0.25, -0.2) is 0 Å². The van der Waals surface area contributed by atoms with E-state index >= 15 is 0 Å². The Morgan fingerprint density at radius 1 is 0.771 bits per heavy atom. The summed E-state index contributed by atoms with van der Waals surface area (Å²) in [7, 11) is 1.57. The van der Waals surface area contributed by atoms with E-state index in [-0.39, 0.29) is 5.91 Å². The van der Waals surface area contributed by atoms with Gasteiger partial charge in [0.2, 0.25) is 0 Å². The maximum Gasteiger partial charge on any atom is 0.313 e. The summed E-state index contributed by atoms with van der Waals surface area (Å²) < 4.78 is 11.2. The predicted octanol–water partition coefficient (Wildman–Crippen LogP) is 6.06. The van der Waals surface area contributed by atoms with Gasteiger partial charge in [-0.3, -0.25) is 14.5 Å². The van der Waals surface area contributed by atoms with Crippen molar-refractivity contribution in [3.05, 3.63) is 120 Å². The Morgan fingerprint density at radius 2 is 1.37 bits per heavy atom. The molecule has 2 atom stereocenters. The van der Waals surface area contributed by atoms with E-state index in [0.717, 1.165) is 0 Å². The molecule has 1 N–H and O–H groups in total. The number of benzene rings is 4. The highest BCUT2D eigenvalue weighted by molar-refractivity contribution is 6.11. The quantitative estimate of drug-likeness (QED) is 0.375. The topological polar surface area (TPSA) is 76.1 Å². The van der Waals surface area contributed by atoms with Crippen molar-refractivity contribution in [1.82, 2.24) is 0 Å². The van der Waals surface area contributed by atoms with Crippen LogP contribution in [0.5, 0.6) is 17.2 Å². The van der Waals surface area contributed by atoms with Gasteiger partial charge in [0.25, 0.3) is 5.91 Å². The average Bonchev–Trinajstić information content (AvgIpc) is 2.90. The van der Waals surface area contributed by atoms with Crippen LogP contribution in [0.15, 0.2) is 103 Å². The van der Waals surface area contributed by atoms with Crippen LogP contribution in [0.25, 0.3) is 0 Å². The van der Waals surface area contributed by atoms with E-state index < -0.39 is 17.9 Å². The second-order valence-corrected chi connectivity index (χ2v) is 8.21. The summed E-state index contributed by atoms with van der Waals surface area (Å²) in [4.78, 5) is 27.9. The number of para-hydroxylation sites is 1. The first-order valence-corrected chi connectivity index (χ1v) is 11.2. The first-order chi connectivity index (χ1) is 17.1. The van der Waals surface area contributed by atoms with Gasteiger partial charge in [0.1, 0.15) is 23.2 Å². The molecule has 4 aromatic rings. The number of carboxylic acid groups (broad SMARTS) is 1. The van der Waals surface area contributed by atoms with Crippen molar-refractivity contribution in [2.75, 3.05) is 12.0 Å². The van der Waals surface area contributed by atoms with E-state index in [1.807, 2.05) is 30.3 Å². The van der Waals surface area contributed by atoms with Crippen molar-refractivity contribution in [2.45, 2.75) is 12.0 Å². The first-order valence-electron chi connectivity index (χ1n) is 11.2. The average molecular weight is 466 g/mol. The number of fused-ring (bicyclic) bond motifs is 1. The number of methoxy groups -OCH3 is 1. The number of hydrogen-bond acceptors (Lipinski definition) is 4. The normalized spacial score (nSPS) is 16.9. The van der Waals surface area contributed by atoms with Gasteiger partial charge in [0.15, 0.2) is 0 Å². The molecule has 0 bridgehead atoms. The lowest BCUT2D eigenvalue weighted by molar-refractivity contribution is -0.139. The van der Waals surface area contributed by atoms with E-state index in [1.165, 1.54) is 0 Å². The molecule has 0 radical (unpaired) electrons. The van der Waals surface area contributed by atoms with Crippen LogP contribution < -0.4 is 14.4 Å². The number of carboxylic acids is 1. The van der Waals surface area contributed by atoms with Crippen LogP contribution in [0.1, 0.15) is 33.4 Å². The first kappa shape index (κ1) is 22.2. The van der Waals surface area contributed by atoms with E-state index in [9.17, 15) is 14.7 Å². The molecule has 1 aliphatic heterocycles. The fraction of sp³-hybridized carbons (Fsp3) is 0.103. The molecule has 0 unspecified atom stereocenters. The van der Waals surface area contributed by atoms with Crippen LogP contribution >= 0.6 is 0 Å².